The Hall–Kier alpha value is -3.05. The van der Waals surface area contributed by atoms with E-state index in [0.717, 1.165) is 23.2 Å². The van der Waals surface area contributed by atoms with Gasteiger partial charge in [-0.1, -0.05) is 61.5 Å². The van der Waals surface area contributed by atoms with Gasteiger partial charge in [-0.25, -0.2) is 4.98 Å². The van der Waals surface area contributed by atoms with Crippen molar-refractivity contribution in [2.45, 2.75) is 20.3 Å². The van der Waals surface area contributed by atoms with Crippen LogP contribution in [0.1, 0.15) is 25.0 Å². The summed E-state index contributed by atoms with van der Waals surface area (Å²) in [4.78, 5) is 17.5. The van der Waals surface area contributed by atoms with Crippen molar-refractivity contribution in [1.29, 1.82) is 0 Å². The maximum absolute atomic E-state index is 12.9. The minimum atomic E-state index is -0.138. The topological polar surface area (TPSA) is 45.6 Å². The zero-order chi connectivity index (χ0) is 18.8. The van der Waals surface area contributed by atoms with Crippen LogP contribution in [-0.2, 0) is 11.2 Å². The molecule has 5 heteroatoms. The summed E-state index contributed by atoms with van der Waals surface area (Å²) in [6.07, 6.45) is 2.89. The van der Waals surface area contributed by atoms with Crippen molar-refractivity contribution in [1.82, 2.24) is 4.98 Å². The highest BCUT2D eigenvalue weighted by Crippen LogP contribution is 2.31. The highest BCUT2D eigenvalue weighted by atomic mass is 32.1. The first kappa shape index (κ1) is 17.4. The Morgan fingerprint density at radius 1 is 1.07 bits per heavy atom. The van der Waals surface area contributed by atoms with E-state index in [1.54, 1.807) is 0 Å². The summed E-state index contributed by atoms with van der Waals surface area (Å²) in [7, 11) is 0. The van der Waals surface area contributed by atoms with Crippen molar-refractivity contribution in [3.05, 3.63) is 76.7 Å². The van der Waals surface area contributed by atoms with Gasteiger partial charge in [0.2, 0.25) is 5.13 Å². The number of hydrogen-bond donors (Lipinski definition) is 0. The molecule has 0 saturated heterocycles. The van der Waals surface area contributed by atoms with Gasteiger partial charge in [0.1, 0.15) is 0 Å². The maximum atomic E-state index is 12.9. The summed E-state index contributed by atoms with van der Waals surface area (Å²) in [5.74, 6) is -0.138. The Balaban J connectivity index is 1.60. The predicted molar refractivity (Wildman–Crippen MR) is 112 cm³/mol. The summed E-state index contributed by atoms with van der Waals surface area (Å²) in [5.41, 5.74) is 5.46. The van der Waals surface area contributed by atoms with E-state index in [4.69, 9.17) is 0 Å². The monoisotopic (exact) mass is 373 g/mol. The average Bonchev–Trinajstić information content (AvgIpc) is 3.30. The van der Waals surface area contributed by atoms with E-state index in [9.17, 15) is 4.79 Å². The van der Waals surface area contributed by atoms with Gasteiger partial charge in [0.15, 0.2) is 0 Å². The second kappa shape index (κ2) is 7.29. The fraction of sp³-hybridized carbons (Fsp3) is 0.136. The van der Waals surface area contributed by atoms with Gasteiger partial charge in [0.25, 0.3) is 5.91 Å². The normalized spacial score (nSPS) is 15.5. The Morgan fingerprint density at radius 3 is 2.52 bits per heavy atom. The molecule has 4 rings (SSSR count). The number of aromatic nitrogens is 1. The van der Waals surface area contributed by atoms with Crippen LogP contribution in [0.2, 0.25) is 0 Å². The van der Waals surface area contributed by atoms with Gasteiger partial charge < -0.3 is 0 Å². The lowest BCUT2D eigenvalue weighted by atomic mass is 10.1. The number of carbonyl (C=O) groups excluding carboxylic acids is 1. The molecule has 0 aliphatic carbocycles. The van der Waals surface area contributed by atoms with Crippen LogP contribution < -0.4 is 5.01 Å². The molecule has 0 radical (unpaired) electrons. The minimum absolute atomic E-state index is 0.138. The molecule has 0 saturated carbocycles. The van der Waals surface area contributed by atoms with Crippen LogP contribution in [0.15, 0.2) is 70.7 Å². The van der Waals surface area contributed by atoms with Crippen LogP contribution in [0.5, 0.6) is 0 Å². The van der Waals surface area contributed by atoms with Crippen molar-refractivity contribution in [2.24, 2.45) is 5.10 Å². The Morgan fingerprint density at radius 2 is 1.81 bits per heavy atom. The van der Waals surface area contributed by atoms with E-state index in [0.29, 0.717) is 16.4 Å². The smallest absolute Gasteiger partial charge is 0.267 e. The SMILES string of the molecule is CCc1ccc(/C=C2\C(=O)N(c3nc(-c4ccccc4)cs3)N=C2C)cc1. The lowest BCUT2D eigenvalue weighted by Crippen LogP contribution is -2.21. The van der Waals surface area contributed by atoms with E-state index in [-0.39, 0.29) is 5.91 Å². The second-order valence-corrected chi connectivity index (χ2v) is 7.17. The molecule has 0 bridgehead atoms. The molecule has 0 atom stereocenters. The summed E-state index contributed by atoms with van der Waals surface area (Å²) in [5, 5.41) is 8.38. The third-order valence-corrected chi connectivity index (χ3v) is 5.32. The standard InChI is InChI=1S/C22H19N3OS/c1-3-16-9-11-17(12-10-16)13-19-15(2)24-25(21(19)26)22-23-20(14-27-22)18-7-5-4-6-8-18/h4-14H,3H2,1-2H3/b19-13-. The van der Waals surface area contributed by atoms with Crippen LogP contribution >= 0.6 is 11.3 Å². The van der Waals surface area contributed by atoms with Crippen molar-refractivity contribution in [2.75, 3.05) is 5.01 Å². The largest absolute Gasteiger partial charge is 0.282 e. The third-order valence-electron chi connectivity index (χ3n) is 4.50. The molecule has 1 aromatic heterocycles. The van der Waals surface area contributed by atoms with Crippen LogP contribution in [0.3, 0.4) is 0 Å². The number of hydrogen-bond acceptors (Lipinski definition) is 4. The van der Waals surface area contributed by atoms with E-state index < -0.39 is 0 Å². The molecule has 1 aliphatic heterocycles. The zero-order valence-corrected chi connectivity index (χ0v) is 16.0. The number of carbonyl (C=O) groups is 1. The number of hydrazone groups is 1. The Labute approximate surface area is 162 Å². The molecule has 0 spiro atoms. The lowest BCUT2D eigenvalue weighted by molar-refractivity contribution is -0.114. The molecule has 4 nitrogen and oxygen atoms in total. The summed E-state index contributed by atoms with van der Waals surface area (Å²) >= 11 is 1.42. The van der Waals surface area contributed by atoms with Gasteiger partial charge in [0, 0.05) is 10.9 Å². The average molecular weight is 373 g/mol. The van der Waals surface area contributed by atoms with Gasteiger partial charge in [-0.15, -0.1) is 11.3 Å². The Kier molecular flexibility index (Phi) is 4.69. The van der Waals surface area contributed by atoms with E-state index >= 15 is 0 Å². The lowest BCUT2D eigenvalue weighted by Gasteiger charge is -2.07. The van der Waals surface area contributed by atoms with Gasteiger partial charge in [-0.3, -0.25) is 4.79 Å². The molecular formula is C22H19N3OS. The predicted octanol–water partition coefficient (Wildman–Crippen LogP) is 5.18. The van der Waals surface area contributed by atoms with E-state index in [2.05, 4.69) is 29.1 Å². The number of nitrogens with zero attached hydrogens (tertiary/aromatic N) is 3. The molecule has 2 aromatic carbocycles. The molecule has 1 amide bonds. The first-order valence-corrected chi connectivity index (χ1v) is 9.75. The fourth-order valence-electron chi connectivity index (χ4n) is 2.93. The molecule has 0 unspecified atom stereocenters. The van der Waals surface area contributed by atoms with Crippen LogP contribution in [-0.4, -0.2) is 16.6 Å². The molecule has 3 aromatic rings. The minimum Gasteiger partial charge on any atom is -0.267 e. The third kappa shape index (κ3) is 3.46. The maximum Gasteiger partial charge on any atom is 0.282 e. The van der Waals surface area contributed by atoms with Gasteiger partial charge in [0.05, 0.1) is 17.0 Å². The molecular weight excluding hydrogens is 354 g/mol. The van der Waals surface area contributed by atoms with Crippen LogP contribution in [0.25, 0.3) is 17.3 Å². The molecule has 134 valence electrons. The van der Waals surface area contributed by atoms with Gasteiger partial charge >= 0.3 is 0 Å². The molecule has 0 N–H and O–H groups in total. The van der Waals surface area contributed by atoms with Crippen molar-refractivity contribution < 1.29 is 4.79 Å². The number of thiazole rings is 1. The van der Waals surface area contributed by atoms with Crippen LogP contribution in [0, 0.1) is 0 Å². The highest BCUT2D eigenvalue weighted by molar-refractivity contribution is 7.14. The second-order valence-electron chi connectivity index (χ2n) is 6.34. The first-order valence-electron chi connectivity index (χ1n) is 8.87. The van der Waals surface area contributed by atoms with Crippen molar-refractivity contribution in [3.8, 4) is 11.3 Å². The fourth-order valence-corrected chi connectivity index (χ4v) is 3.71. The zero-order valence-electron chi connectivity index (χ0n) is 15.2. The summed E-state index contributed by atoms with van der Waals surface area (Å²) < 4.78 is 0. The summed E-state index contributed by atoms with van der Waals surface area (Å²) in [6, 6.07) is 18.2. The molecule has 1 aliphatic rings. The Bertz CT molecular complexity index is 1030. The molecule has 27 heavy (non-hydrogen) atoms. The van der Waals surface area contributed by atoms with Crippen molar-refractivity contribution in [3.63, 3.8) is 0 Å². The molecule has 0 fully saturated rings. The summed E-state index contributed by atoms with van der Waals surface area (Å²) in [6.45, 7) is 3.98. The highest BCUT2D eigenvalue weighted by Gasteiger charge is 2.30. The number of anilines is 1. The van der Waals surface area contributed by atoms with Crippen LogP contribution in [0.4, 0.5) is 5.13 Å². The number of amides is 1. The number of benzene rings is 2. The first-order chi connectivity index (χ1) is 13.2. The van der Waals surface area contributed by atoms with Crippen molar-refractivity contribution >= 4 is 34.2 Å². The van der Waals surface area contributed by atoms with E-state index in [1.165, 1.54) is 21.9 Å². The van der Waals surface area contributed by atoms with Gasteiger partial charge in [-0.05, 0) is 30.5 Å². The van der Waals surface area contributed by atoms with Gasteiger partial charge in [-0.2, -0.15) is 10.1 Å². The molecule has 2 heterocycles. The number of rotatable bonds is 4. The van der Waals surface area contributed by atoms with E-state index in [1.807, 2.05) is 60.8 Å². The quantitative estimate of drug-likeness (QED) is 0.592. The number of aryl methyl sites for hydroxylation is 1.